The molecule has 0 aliphatic carbocycles. The molecule has 1 aromatic heterocycles. The summed E-state index contributed by atoms with van der Waals surface area (Å²) in [6.45, 7) is 3.45. The van der Waals surface area contributed by atoms with Crippen LogP contribution in [0.15, 0.2) is 36.7 Å². The second-order valence-electron chi connectivity index (χ2n) is 5.20. The number of hydrogen-bond acceptors (Lipinski definition) is 4. The maximum absolute atomic E-state index is 12.0. The lowest BCUT2D eigenvalue weighted by Gasteiger charge is -2.08. The van der Waals surface area contributed by atoms with E-state index >= 15 is 0 Å². The number of halogens is 1. The fourth-order valence-electron chi connectivity index (χ4n) is 2.07. The van der Waals surface area contributed by atoms with Gasteiger partial charge in [0, 0.05) is 24.2 Å². The van der Waals surface area contributed by atoms with Crippen LogP contribution in [0.25, 0.3) is 0 Å². The summed E-state index contributed by atoms with van der Waals surface area (Å²) in [5, 5.41) is 6.78. The summed E-state index contributed by atoms with van der Waals surface area (Å²) in [6, 6.07) is 9.42. The van der Waals surface area contributed by atoms with Crippen LogP contribution in [-0.2, 0) is 6.42 Å². The molecule has 1 amide bonds. The first-order valence-electron chi connectivity index (χ1n) is 7.77. The standard InChI is InChI=1S/C17H21ClN4O/c1-2-3-8-20-17(23)15-11-16(22-12-21-15)19-9-7-13-5-4-6-14(18)10-13/h4-6,10-12H,2-3,7-9H2,1H3,(H,20,23)(H,19,21,22). The predicted octanol–water partition coefficient (Wildman–Crippen LogP) is 3.31. The maximum atomic E-state index is 12.0. The number of anilines is 1. The van der Waals surface area contributed by atoms with Crippen LogP contribution in [0.4, 0.5) is 5.82 Å². The average molecular weight is 333 g/mol. The Morgan fingerprint density at radius 2 is 2.09 bits per heavy atom. The zero-order chi connectivity index (χ0) is 16.5. The molecule has 23 heavy (non-hydrogen) atoms. The molecule has 1 heterocycles. The Labute approximate surface area is 141 Å². The van der Waals surface area contributed by atoms with E-state index in [2.05, 4.69) is 27.5 Å². The van der Waals surface area contributed by atoms with Crippen LogP contribution < -0.4 is 10.6 Å². The lowest BCUT2D eigenvalue weighted by Crippen LogP contribution is -2.25. The molecule has 0 bridgehead atoms. The highest BCUT2D eigenvalue weighted by Crippen LogP contribution is 2.11. The molecule has 0 aliphatic rings. The Kier molecular flexibility index (Phi) is 6.81. The first-order chi connectivity index (χ1) is 11.2. The second-order valence-corrected chi connectivity index (χ2v) is 5.64. The van der Waals surface area contributed by atoms with Gasteiger partial charge < -0.3 is 10.6 Å². The van der Waals surface area contributed by atoms with Gasteiger partial charge in [0.25, 0.3) is 5.91 Å². The lowest BCUT2D eigenvalue weighted by atomic mass is 10.1. The summed E-state index contributed by atoms with van der Waals surface area (Å²) < 4.78 is 0. The van der Waals surface area contributed by atoms with Crippen molar-refractivity contribution in [1.29, 1.82) is 0 Å². The summed E-state index contributed by atoms with van der Waals surface area (Å²) in [5.41, 5.74) is 1.53. The maximum Gasteiger partial charge on any atom is 0.270 e. The second kappa shape index (κ2) is 9.10. The Hall–Kier alpha value is -2.14. The zero-order valence-corrected chi connectivity index (χ0v) is 13.9. The van der Waals surface area contributed by atoms with Gasteiger partial charge in [-0.2, -0.15) is 0 Å². The molecule has 2 aromatic rings. The van der Waals surface area contributed by atoms with Gasteiger partial charge in [-0.1, -0.05) is 37.1 Å². The molecule has 2 N–H and O–H groups in total. The third-order valence-electron chi connectivity index (χ3n) is 3.32. The van der Waals surface area contributed by atoms with Crippen molar-refractivity contribution in [2.45, 2.75) is 26.2 Å². The SMILES string of the molecule is CCCCNC(=O)c1cc(NCCc2cccc(Cl)c2)ncn1. The van der Waals surface area contributed by atoms with Gasteiger partial charge in [0.1, 0.15) is 17.8 Å². The highest BCUT2D eigenvalue weighted by molar-refractivity contribution is 6.30. The van der Waals surface area contributed by atoms with Gasteiger partial charge in [0.2, 0.25) is 0 Å². The normalized spacial score (nSPS) is 10.3. The van der Waals surface area contributed by atoms with Crippen molar-refractivity contribution >= 4 is 23.3 Å². The monoisotopic (exact) mass is 332 g/mol. The molecule has 122 valence electrons. The molecule has 0 aliphatic heterocycles. The number of carbonyl (C=O) groups excluding carboxylic acids is 1. The molecular formula is C17H21ClN4O. The van der Waals surface area contributed by atoms with Crippen LogP contribution in [0.1, 0.15) is 35.8 Å². The summed E-state index contributed by atoms with van der Waals surface area (Å²) in [4.78, 5) is 20.1. The minimum Gasteiger partial charge on any atom is -0.370 e. The first kappa shape index (κ1) is 17.2. The van der Waals surface area contributed by atoms with E-state index < -0.39 is 0 Å². The largest absolute Gasteiger partial charge is 0.370 e. The fourth-order valence-corrected chi connectivity index (χ4v) is 2.29. The van der Waals surface area contributed by atoms with E-state index in [1.807, 2.05) is 24.3 Å². The third kappa shape index (κ3) is 5.87. The Morgan fingerprint density at radius 1 is 1.22 bits per heavy atom. The van der Waals surface area contributed by atoms with Gasteiger partial charge in [0.15, 0.2) is 0 Å². The number of nitrogens with zero attached hydrogens (tertiary/aromatic N) is 2. The minimum atomic E-state index is -0.168. The van der Waals surface area contributed by atoms with Crippen molar-refractivity contribution < 1.29 is 4.79 Å². The molecule has 2 rings (SSSR count). The molecule has 5 nitrogen and oxygen atoms in total. The van der Waals surface area contributed by atoms with E-state index in [-0.39, 0.29) is 5.91 Å². The molecule has 0 unspecified atom stereocenters. The molecule has 6 heteroatoms. The smallest absolute Gasteiger partial charge is 0.270 e. The molecule has 1 aromatic carbocycles. The quantitative estimate of drug-likeness (QED) is 0.728. The Bertz CT molecular complexity index is 648. The molecule has 0 saturated carbocycles. The first-order valence-corrected chi connectivity index (χ1v) is 8.15. The summed E-state index contributed by atoms with van der Waals surface area (Å²) >= 11 is 5.96. The number of carbonyl (C=O) groups is 1. The van der Waals surface area contributed by atoms with E-state index in [4.69, 9.17) is 11.6 Å². The number of amides is 1. The van der Waals surface area contributed by atoms with Crippen molar-refractivity contribution in [3.63, 3.8) is 0 Å². The summed E-state index contributed by atoms with van der Waals surface area (Å²) in [6.07, 6.45) is 4.22. The van der Waals surface area contributed by atoms with Crippen molar-refractivity contribution in [3.05, 3.63) is 52.9 Å². The van der Waals surface area contributed by atoms with Crippen molar-refractivity contribution in [2.75, 3.05) is 18.4 Å². The van der Waals surface area contributed by atoms with Gasteiger partial charge in [-0.15, -0.1) is 0 Å². The van der Waals surface area contributed by atoms with Gasteiger partial charge in [0.05, 0.1) is 0 Å². The number of unbranched alkanes of at least 4 members (excludes halogenated alkanes) is 1. The van der Waals surface area contributed by atoms with Crippen LogP contribution in [0, 0.1) is 0 Å². The highest BCUT2D eigenvalue weighted by atomic mass is 35.5. The Balaban J connectivity index is 1.86. The number of aromatic nitrogens is 2. The van der Waals surface area contributed by atoms with Crippen molar-refractivity contribution in [2.24, 2.45) is 0 Å². The van der Waals surface area contributed by atoms with Crippen LogP contribution in [0.5, 0.6) is 0 Å². The van der Waals surface area contributed by atoms with E-state index in [1.54, 1.807) is 6.07 Å². The fraction of sp³-hybridized carbons (Fsp3) is 0.353. The van der Waals surface area contributed by atoms with Gasteiger partial charge >= 0.3 is 0 Å². The van der Waals surface area contributed by atoms with E-state index in [9.17, 15) is 4.79 Å². The zero-order valence-electron chi connectivity index (χ0n) is 13.2. The van der Waals surface area contributed by atoms with E-state index in [1.165, 1.54) is 6.33 Å². The number of hydrogen-bond donors (Lipinski definition) is 2. The molecule has 0 fully saturated rings. The number of rotatable bonds is 8. The molecule has 0 spiro atoms. The van der Waals surface area contributed by atoms with Crippen molar-refractivity contribution in [3.8, 4) is 0 Å². The summed E-state index contributed by atoms with van der Waals surface area (Å²) in [5.74, 6) is 0.474. The van der Waals surface area contributed by atoms with Crippen molar-refractivity contribution in [1.82, 2.24) is 15.3 Å². The number of benzene rings is 1. The molecule has 0 radical (unpaired) electrons. The minimum absolute atomic E-state index is 0.168. The van der Waals surface area contributed by atoms with Crippen LogP contribution in [0.2, 0.25) is 5.02 Å². The van der Waals surface area contributed by atoms with E-state index in [0.29, 0.717) is 24.6 Å². The van der Waals surface area contributed by atoms with E-state index in [0.717, 1.165) is 29.8 Å². The highest BCUT2D eigenvalue weighted by Gasteiger charge is 2.07. The van der Waals surface area contributed by atoms with Gasteiger partial charge in [-0.25, -0.2) is 9.97 Å². The topological polar surface area (TPSA) is 66.9 Å². The van der Waals surface area contributed by atoms with Crippen LogP contribution in [-0.4, -0.2) is 29.0 Å². The third-order valence-corrected chi connectivity index (χ3v) is 3.56. The lowest BCUT2D eigenvalue weighted by molar-refractivity contribution is 0.0948. The van der Waals surface area contributed by atoms with Gasteiger partial charge in [-0.05, 0) is 30.5 Å². The number of nitrogens with one attached hydrogen (secondary N) is 2. The van der Waals surface area contributed by atoms with Crippen LogP contribution >= 0.6 is 11.6 Å². The molecule has 0 atom stereocenters. The molecular weight excluding hydrogens is 312 g/mol. The predicted molar refractivity (Wildman–Crippen MR) is 92.9 cm³/mol. The average Bonchev–Trinajstić information content (AvgIpc) is 2.55. The Morgan fingerprint density at radius 3 is 2.87 bits per heavy atom. The van der Waals surface area contributed by atoms with Crippen LogP contribution in [0.3, 0.4) is 0 Å². The van der Waals surface area contributed by atoms with Gasteiger partial charge in [-0.3, -0.25) is 4.79 Å². The molecule has 0 saturated heterocycles. The summed E-state index contributed by atoms with van der Waals surface area (Å²) in [7, 11) is 0.